The van der Waals surface area contributed by atoms with Gasteiger partial charge < -0.3 is 0 Å². The van der Waals surface area contributed by atoms with E-state index in [1.807, 2.05) is 45.9 Å². The van der Waals surface area contributed by atoms with Crippen LogP contribution in [0.1, 0.15) is 46.1 Å². The number of hydrogen-bond acceptors (Lipinski definition) is 6. The second-order valence-corrected chi connectivity index (χ2v) is 11.1. The first-order valence-electron chi connectivity index (χ1n) is 10.3. The average molecular weight is 454 g/mol. The zero-order valence-corrected chi connectivity index (χ0v) is 19.6. The maximum Gasteiger partial charge on any atom is 0.249 e. The Morgan fingerprint density at radius 1 is 1.10 bits per heavy atom. The van der Waals surface area contributed by atoms with Gasteiger partial charge in [0.1, 0.15) is 4.75 Å². The number of sulfone groups is 1. The second-order valence-electron chi connectivity index (χ2n) is 8.77. The highest BCUT2D eigenvalue weighted by Crippen LogP contribution is 2.42. The minimum absolute atomic E-state index is 0.0364. The number of carbonyl (C=O) groups is 2. The maximum atomic E-state index is 13.3. The average Bonchev–Trinajstić information content (AvgIpc) is 2.69. The van der Waals surface area contributed by atoms with Crippen molar-refractivity contribution in [3.8, 4) is 0 Å². The van der Waals surface area contributed by atoms with Gasteiger partial charge in [-0.2, -0.15) is 0 Å². The number of hydrazine groups is 1. The number of carbonyl (C=O) groups excluding carboxylic acids is 2. The van der Waals surface area contributed by atoms with Crippen LogP contribution in [0.25, 0.3) is 6.08 Å². The van der Waals surface area contributed by atoms with Crippen LogP contribution in [0.5, 0.6) is 0 Å². The predicted octanol–water partition coefficient (Wildman–Crippen LogP) is 2.30. The van der Waals surface area contributed by atoms with Crippen molar-refractivity contribution in [3.05, 3.63) is 42.0 Å². The SMILES string of the molecule is CC(C)C[C@@H](C(=O)NN)[C@@H](C(=O)NO)C(/C=C/c1ccccc1)(CC(C)C)S(C)(=O)=O. The molecule has 8 nitrogen and oxygen atoms in total. The van der Waals surface area contributed by atoms with Gasteiger partial charge in [-0.25, -0.2) is 19.7 Å². The largest absolute Gasteiger partial charge is 0.294 e. The molecule has 1 rings (SSSR count). The number of nitrogens with two attached hydrogens (primary N) is 1. The third-order valence-corrected chi connectivity index (χ3v) is 7.24. The molecule has 0 spiro atoms. The molecule has 31 heavy (non-hydrogen) atoms. The number of amides is 2. The van der Waals surface area contributed by atoms with E-state index in [0.29, 0.717) is 0 Å². The van der Waals surface area contributed by atoms with Crippen LogP contribution in [-0.4, -0.2) is 36.4 Å². The molecule has 0 aromatic heterocycles. The Hall–Kier alpha value is -2.23. The van der Waals surface area contributed by atoms with Crippen LogP contribution >= 0.6 is 0 Å². The highest BCUT2D eigenvalue weighted by atomic mass is 32.2. The Morgan fingerprint density at radius 2 is 1.68 bits per heavy atom. The first-order valence-corrected chi connectivity index (χ1v) is 12.2. The number of nitrogens with one attached hydrogen (secondary N) is 2. The van der Waals surface area contributed by atoms with E-state index in [2.05, 4.69) is 5.43 Å². The molecule has 0 radical (unpaired) electrons. The van der Waals surface area contributed by atoms with Gasteiger partial charge >= 0.3 is 0 Å². The van der Waals surface area contributed by atoms with Gasteiger partial charge in [0.05, 0.1) is 11.8 Å². The van der Waals surface area contributed by atoms with Crippen molar-refractivity contribution in [1.82, 2.24) is 10.9 Å². The van der Waals surface area contributed by atoms with Crippen molar-refractivity contribution >= 4 is 27.7 Å². The van der Waals surface area contributed by atoms with E-state index in [0.717, 1.165) is 11.8 Å². The van der Waals surface area contributed by atoms with E-state index in [1.165, 1.54) is 6.08 Å². The molecule has 5 N–H and O–H groups in total. The Bertz CT molecular complexity index is 868. The molecule has 174 valence electrons. The lowest BCUT2D eigenvalue weighted by Crippen LogP contribution is -2.57. The molecule has 0 saturated heterocycles. The molecule has 0 aliphatic rings. The molecule has 3 atom stereocenters. The van der Waals surface area contributed by atoms with Crippen LogP contribution in [-0.2, 0) is 19.4 Å². The van der Waals surface area contributed by atoms with E-state index in [-0.39, 0.29) is 24.7 Å². The fourth-order valence-corrected chi connectivity index (χ4v) is 5.75. The van der Waals surface area contributed by atoms with E-state index < -0.39 is 38.2 Å². The molecule has 0 saturated carbocycles. The summed E-state index contributed by atoms with van der Waals surface area (Å²) in [5.41, 5.74) is 4.39. The van der Waals surface area contributed by atoms with Crippen molar-refractivity contribution in [2.75, 3.05) is 6.26 Å². The quantitative estimate of drug-likeness (QED) is 0.175. The highest BCUT2D eigenvalue weighted by Gasteiger charge is 2.54. The monoisotopic (exact) mass is 453 g/mol. The Balaban J connectivity index is 3.88. The maximum absolute atomic E-state index is 13.3. The summed E-state index contributed by atoms with van der Waals surface area (Å²) in [5, 5.41) is 9.51. The molecule has 0 bridgehead atoms. The zero-order valence-electron chi connectivity index (χ0n) is 18.8. The van der Waals surface area contributed by atoms with Gasteiger partial charge in [0, 0.05) is 6.26 Å². The minimum Gasteiger partial charge on any atom is -0.294 e. The lowest BCUT2D eigenvalue weighted by molar-refractivity contribution is -0.142. The smallest absolute Gasteiger partial charge is 0.249 e. The summed E-state index contributed by atoms with van der Waals surface area (Å²) >= 11 is 0. The normalized spacial score (nSPS) is 16.2. The zero-order chi connectivity index (χ0) is 23.8. The molecular weight excluding hydrogens is 418 g/mol. The lowest BCUT2D eigenvalue weighted by atomic mass is 9.72. The minimum atomic E-state index is -3.95. The molecule has 0 heterocycles. The molecule has 0 aliphatic carbocycles. The molecule has 1 aromatic carbocycles. The first kappa shape index (κ1) is 26.8. The summed E-state index contributed by atoms with van der Waals surface area (Å²) < 4.78 is 24.8. The highest BCUT2D eigenvalue weighted by molar-refractivity contribution is 7.92. The second kappa shape index (κ2) is 11.4. The van der Waals surface area contributed by atoms with Crippen LogP contribution < -0.4 is 16.7 Å². The van der Waals surface area contributed by atoms with Crippen LogP contribution in [0.3, 0.4) is 0 Å². The van der Waals surface area contributed by atoms with E-state index in [1.54, 1.807) is 23.7 Å². The number of benzene rings is 1. The Kier molecular flexibility index (Phi) is 9.86. The fourth-order valence-electron chi connectivity index (χ4n) is 4.07. The van der Waals surface area contributed by atoms with Crippen molar-refractivity contribution in [2.24, 2.45) is 29.5 Å². The number of hydroxylamine groups is 1. The Labute approximate surface area is 185 Å². The van der Waals surface area contributed by atoms with Gasteiger partial charge in [-0.3, -0.25) is 20.2 Å². The number of rotatable bonds is 11. The lowest BCUT2D eigenvalue weighted by Gasteiger charge is -2.40. The predicted molar refractivity (Wildman–Crippen MR) is 121 cm³/mol. The van der Waals surface area contributed by atoms with Gasteiger partial charge in [-0.15, -0.1) is 0 Å². The standard InChI is InChI=1S/C22H35N3O5S/c1-15(2)13-18(20(26)24-23)19(21(27)25-28)22(14-16(3)4,31(5,29)30)12-11-17-9-7-6-8-10-17/h6-12,15-16,18-19,28H,13-14,23H2,1-5H3,(H,24,26)(H,25,27)/b12-11+/t18-,19+,22?/m1/s1. The topological polar surface area (TPSA) is 139 Å². The molecule has 9 heteroatoms. The van der Waals surface area contributed by atoms with Crippen LogP contribution in [0.4, 0.5) is 0 Å². The molecule has 1 aromatic rings. The summed E-state index contributed by atoms with van der Waals surface area (Å²) in [6.07, 6.45) is 4.44. The summed E-state index contributed by atoms with van der Waals surface area (Å²) in [5.74, 6) is 1.13. The molecule has 0 aliphatic heterocycles. The summed E-state index contributed by atoms with van der Waals surface area (Å²) in [4.78, 5) is 25.7. The molecule has 0 fully saturated rings. The van der Waals surface area contributed by atoms with Gasteiger partial charge in [0.2, 0.25) is 11.8 Å². The van der Waals surface area contributed by atoms with Gasteiger partial charge in [0.15, 0.2) is 9.84 Å². The first-order chi connectivity index (χ1) is 14.4. The van der Waals surface area contributed by atoms with Crippen LogP contribution in [0, 0.1) is 23.7 Å². The van der Waals surface area contributed by atoms with Gasteiger partial charge in [-0.05, 0) is 30.2 Å². The van der Waals surface area contributed by atoms with Crippen molar-refractivity contribution in [3.63, 3.8) is 0 Å². The van der Waals surface area contributed by atoms with E-state index >= 15 is 0 Å². The number of hydrogen-bond donors (Lipinski definition) is 4. The van der Waals surface area contributed by atoms with Gasteiger partial charge in [0.25, 0.3) is 0 Å². The third-order valence-electron chi connectivity index (χ3n) is 5.30. The molecule has 1 unspecified atom stereocenters. The molecular formula is C22H35N3O5S. The van der Waals surface area contributed by atoms with Crippen molar-refractivity contribution in [1.29, 1.82) is 0 Å². The van der Waals surface area contributed by atoms with E-state index in [9.17, 15) is 23.2 Å². The molecule has 2 amide bonds. The summed E-state index contributed by atoms with van der Waals surface area (Å²) in [7, 11) is -3.95. The third kappa shape index (κ3) is 6.88. The Morgan fingerprint density at radius 3 is 2.10 bits per heavy atom. The summed E-state index contributed by atoms with van der Waals surface area (Å²) in [6, 6.07) is 9.06. The van der Waals surface area contributed by atoms with Gasteiger partial charge in [-0.1, -0.05) is 70.2 Å². The van der Waals surface area contributed by atoms with Crippen LogP contribution in [0.15, 0.2) is 36.4 Å². The van der Waals surface area contributed by atoms with Crippen molar-refractivity contribution < 1.29 is 23.2 Å². The van der Waals surface area contributed by atoms with E-state index in [4.69, 9.17) is 5.84 Å². The van der Waals surface area contributed by atoms with Crippen LogP contribution in [0.2, 0.25) is 0 Å². The van der Waals surface area contributed by atoms with Crippen molar-refractivity contribution in [2.45, 2.75) is 45.3 Å². The summed E-state index contributed by atoms with van der Waals surface area (Å²) in [6.45, 7) is 7.39. The fraction of sp³-hybridized carbons (Fsp3) is 0.545.